The number of carbonyl (C=O) groups excluding carboxylic acids is 1. The maximum atomic E-state index is 13.9. The third-order valence-electron chi connectivity index (χ3n) is 2.66. The molecule has 0 atom stereocenters. The topological polar surface area (TPSA) is 61.5 Å². The number of nitrogens with two attached hydrogens (primary N) is 1. The zero-order valence-corrected chi connectivity index (χ0v) is 12.0. The van der Waals surface area contributed by atoms with Gasteiger partial charge in [0.05, 0.1) is 17.2 Å². The molecular formula is C15H13ClFNO3. The molecule has 0 aliphatic rings. The second kappa shape index (κ2) is 6.45. The van der Waals surface area contributed by atoms with Crippen molar-refractivity contribution in [3.8, 4) is 11.5 Å². The molecule has 0 aromatic heterocycles. The minimum Gasteiger partial charge on any atom is -0.462 e. The molecule has 2 rings (SSSR count). The number of para-hydroxylation sites is 1. The number of nitrogen functional groups attached to an aromatic ring is 1. The molecule has 2 N–H and O–H groups in total. The van der Waals surface area contributed by atoms with Crippen molar-refractivity contribution >= 4 is 23.3 Å². The SMILES string of the molecule is CCOC(=O)c1cc(Oc2ccccc2Cl)c(F)cc1N. The summed E-state index contributed by atoms with van der Waals surface area (Å²) in [6.07, 6.45) is 0. The van der Waals surface area contributed by atoms with Crippen LogP contribution in [0.4, 0.5) is 10.1 Å². The average molecular weight is 310 g/mol. The Labute approximate surface area is 126 Å². The summed E-state index contributed by atoms with van der Waals surface area (Å²) in [5.41, 5.74) is 5.65. The van der Waals surface area contributed by atoms with Crippen LogP contribution in [-0.4, -0.2) is 12.6 Å². The van der Waals surface area contributed by atoms with Gasteiger partial charge < -0.3 is 15.2 Å². The summed E-state index contributed by atoms with van der Waals surface area (Å²) >= 11 is 5.95. The van der Waals surface area contributed by atoms with Crippen molar-refractivity contribution in [3.05, 3.63) is 52.8 Å². The van der Waals surface area contributed by atoms with E-state index in [1.165, 1.54) is 6.07 Å². The van der Waals surface area contributed by atoms with Crippen LogP contribution in [0.2, 0.25) is 5.02 Å². The van der Waals surface area contributed by atoms with Crippen molar-refractivity contribution in [1.29, 1.82) is 0 Å². The highest BCUT2D eigenvalue weighted by Gasteiger charge is 2.17. The van der Waals surface area contributed by atoms with E-state index in [9.17, 15) is 9.18 Å². The van der Waals surface area contributed by atoms with E-state index < -0.39 is 11.8 Å². The van der Waals surface area contributed by atoms with E-state index in [0.717, 1.165) is 6.07 Å². The van der Waals surface area contributed by atoms with Crippen LogP contribution in [0.25, 0.3) is 0 Å². The molecule has 0 saturated heterocycles. The quantitative estimate of drug-likeness (QED) is 0.684. The smallest absolute Gasteiger partial charge is 0.340 e. The van der Waals surface area contributed by atoms with Gasteiger partial charge in [-0.3, -0.25) is 0 Å². The van der Waals surface area contributed by atoms with E-state index in [1.807, 2.05) is 0 Å². The number of esters is 1. The standard InChI is InChI=1S/C15H13ClFNO3/c1-2-20-15(19)9-7-14(11(17)8-12(9)18)21-13-6-4-3-5-10(13)16/h3-8H,2,18H2,1H3. The zero-order valence-electron chi connectivity index (χ0n) is 11.2. The van der Waals surface area contributed by atoms with Crippen LogP contribution in [0.3, 0.4) is 0 Å². The van der Waals surface area contributed by atoms with E-state index in [2.05, 4.69) is 0 Å². The first kappa shape index (κ1) is 15.1. The van der Waals surface area contributed by atoms with Gasteiger partial charge in [0.1, 0.15) is 5.75 Å². The molecule has 4 nitrogen and oxygen atoms in total. The molecule has 2 aromatic rings. The van der Waals surface area contributed by atoms with Crippen molar-refractivity contribution in [2.45, 2.75) is 6.92 Å². The van der Waals surface area contributed by atoms with Gasteiger partial charge in [0.15, 0.2) is 11.6 Å². The van der Waals surface area contributed by atoms with Gasteiger partial charge in [-0.1, -0.05) is 23.7 Å². The van der Waals surface area contributed by atoms with E-state index >= 15 is 0 Å². The van der Waals surface area contributed by atoms with Crippen LogP contribution < -0.4 is 10.5 Å². The van der Waals surface area contributed by atoms with E-state index in [-0.39, 0.29) is 29.4 Å². The van der Waals surface area contributed by atoms with Crippen LogP contribution in [0.15, 0.2) is 36.4 Å². The average Bonchev–Trinajstić information content (AvgIpc) is 2.44. The molecule has 0 fully saturated rings. The van der Waals surface area contributed by atoms with Crippen molar-refractivity contribution in [1.82, 2.24) is 0 Å². The third-order valence-corrected chi connectivity index (χ3v) is 2.97. The fraction of sp³-hybridized carbons (Fsp3) is 0.133. The predicted octanol–water partition coefficient (Wildman–Crippen LogP) is 4.03. The second-order valence-electron chi connectivity index (χ2n) is 4.12. The lowest BCUT2D eigenvalue weighted by molar-refractivity contribution is 0.0527. The first-order chi connectivity index (χ1) is 10.0. The molecule has 6 heteroatoms. The zero-order chi connectivity index (χ0) is 15.4. The van der Waals surface area contributed by atoms with Crippen molar-refractivity contribution in [2.24, 2.45) is 0 Å². The van der Waals surface area contributed by atoms with Crippen molar-refractivity contribution < 1.29 is 18.7 Å². The summed E-state index contributed by atoms with van der Waals surface area (Å²) < 4.78 is 24.1. The lowest BCUT2D eigenvalue weighted by atomic mass is 10.1. The number of rotatable bonds is 4. The maximum Gasteiger partial charge on any atom is 0.340 e. The number of halogens is 2. The predicted molar refractivity (Wildman–Crippen MR) is 78.3 cm³/mol. The highest BCUT2D eigenvalue weighted by molar-refractivity contribution is 6.32. The third kappa shape index (κ3) is 3.44. The number of hydrogen-bond donors (Lipinski definition) is 1. The molecule has 21 heavy (non-hydrogen) atoms. The molecule has 0 heterocycles. The molecule has 0 unspecified atom stereocenters. The van der Waals surface area contributed by atoms with Crippen LogP contribution in [0.5, 0.6) is 11.5 Å². The van der Waals surface area contributed by atoms with Gasteiger partial charge in [0.2, 0.25) is 0 Å². The number of anilines is 1. The van der Waals surface area contributed by atoms with E-state index in [0.29, 0.717) is 5.02 Å². The molecule has 0 saturated carbocycles. The minimum atomic E-state index is -0.694. The Balaban J connectivity index is 2.38. The Morgan fingerprint density at radius 2 is 2.00 bits per heavy atom. The van der Waals surface area contributed by atoms with Crippen LogP contribution >= 0.6 is 11.6 Å². The Kier molecular flexibility index (Phi) is 4.65. The largest absolute Gasteiger partial charge is 0.462 e. The van der Waals surface area contributed by atoms with E-state index in [1.54, 1.807) is 31.2 Å². The monoisotopic (exact) mass is 309 g/mol. The summed E-state index contributed by atoms with van der Waals surface area (Å²) in [5, 5.41) is 0.325. The van der Waals surface area contributed by atoms with Gasteiger partial charge in [-0.15, -0.1) is 0 Å². The first-order valence-electron chi connectivity index (χ1n) is 6.21. The summed E-state index contributed by atoms with van der Waals surface area (Å²) in [5.74, 6) is -1.21. The maximum absolute atomic E-state index is 13.9. The summed E-state index contributed by atoms with van der Waals surface area (Å²) in [4.78, 5) is 11.7. The number of hydrogen-bond acceptors (Lipinski definition) is 4. The summed E-state index contributed by atoms with van der Waals surface area (Å²) in [6, 6.07) is 8.83. The summed E-state index contributed by atoms with van der Waals surface area (Å²) in [6.45, 7) is 1.86. The van der Waals surface area contributed by atoms with Crippen LogP contribution in [0.1, 0.15) is 17.3 Å². The molecule has 2 aromatic carbocycles. The van der Waals surface area contributed by atoms with Gasteiger partial charge in [-0.2, -0.15) is 0 Å². The highest BCUT2D eigenvalue weighted by Crippen LogP contribution is 2.32. The first-order valence-corrected chi connectivity index (χ1v) is 6.59. The molecular weight excluding hydrogens is 297 g/mol. The normalized spacial score (nSPS) is 10.2. The van der Waals surface area contributed by atoms with Crippen molar-refractivity contribution in [2.75, 3.05) is 12.3 Å². The lowest BCUT2D eigenvalue weighted by Gasteiger charge is -2.11. The Hall–Kier alpha value is -2.27. The van der Waals surface area contributed by atoms with Gasteiger partial charge in [-0.05, 0) is 19.1 Å². The minimum absolute atomic E-state index is 0.0162. The Bertz CT molecular complexity index is 676. The Morgan fingerprint density at radius 1 is 1.29 bits per heavy atom. The lowest BCUT2D eigenvalue weighted by Crippen LogP contribution is -2.09. The van der Waals surface area contributed by atoms with Crippen LogP contribution in [0, 0.1) is 5.82 Å². The molecule has 0 bridgehead atoms. The molecule has 110 valence electrons. The molecule has 0 radical (unpaired) electrons. The second-order valence-corrected chi connectivity index (χ2v) is 4.53. The number of carbonyl (C=O) groups is 1. The molecule has 0 aliphatic carbocycles. The Morgan fingerprint density at radius 3 is 2.67 bits per heavy atom. The van der Waals surface area contributed by atoms with Gasteiger partial charge in [0.25, 0.3) is 0 Å². The van der Waals surface area contributed by atoms with Crippen LogP contribution in [-0.2, 0) is 4.74 Å². The number of benzene rings is 2. The van der Waals surface area contributed by atoms with Gasteiger partial charge in [-0.25, -0.2) is 9.18 Å². The van der Waals surface area contributed by atoms with Crippen molar-refractivity contribution in [3.63, 3.8) is 0 Å². The number of ether oxygens (including phenoxy) is 2. The summed E-state index contributed by atoms with van der Waals surface area (Å²) in [7, 11) is 0. The fourth-order valence-electron chi connectivity index (χ4n) is 1.68. The molecule has 0 spiro atoms. The molecule has 0 amide bonds. The fourth-order valence-corrected chi connectivity index (χ4v) is 1.85. The van der Waals surface area contributed by atoms with Gasteiger partial charge in [0, 0.05) is 17.8 Å². The van der Waals surface area contributed by atoms with Gasteiger partial charge >= 0.3 is 5.97 Å². The molecule has 0 aliphatic heterocycles. The van der Waals surface area contributed by atoms with E-state index in [4.69, 9.17) is 26.8 Å². The highest BCUT2D eigenvalue weighted by atomic mass is 35.5.